The van der Waals surface area contributed by atoms with Crippen molar-refractivity contribution in [2.24, 2.45) is 0 Å². The predicted octanol–water partition coefficient (Wildman–Crippen LogP) is 0.248. The van der Waals surface area contributed by atoms with Crippen molar-refractivity contribution in [3.63, 3.8) is 0 Å². The molecule has 0 aliphatic heterocycles. The third kappa shape index (κ3) is 1.96. The Bertz CT molecular complexity index is 416. The van der Waals surface area contributed by atoms with Gasteiger partial charge in [-0.05, 0) is 17.3 Å². The standard InChI is InChI=1S/C8H6N4O3/c13-5(7-2-1-3-15-7)4-6(14)8-9-11-12-10-8/h1-3H,4H2,(H,9,10,11,12). The molecule has 7 nitrogen and oxygen atoms in total. The fourth-order valence-electron chi connectivity index (χ4n) is 1.03. The minimum Gasteiger partial charge on any atom is -0.461 e. The van der Waals surface area contributed by atoms with Crippen LogP contribution in [0.4, 0.5) is 0 Å². The molecule has 0 aliphatic rings. The molecule has 0 bridgehead atoms. The van der Waals surface area contributed by atoms with E-state index in [-0.39, 0.29) is 18.0 Å². The SMILES string of the molecule is O=C(CC(=O)c1ccco1)c1nn[nH]n1. The Morgan fingerprint density at radius 1 is 1.40 bits per heavy atom. The van der Waals surface area contributed by atoms with E-state index in [1.165, 1.54) is 12.3 Å². The number of nitrogens with one attached hydrogen (secondary N) is 1. The van der Waals surface area contributed by atoms with Crippen LogP contribution in [0.5, 0.6) is 0 Å². The molecule has 0 saturated carbocycles. The molecule has 0 radical (unpaired) electrons. The number of aromatic nitrogens is 4. The molecule has 0 atom stereocenters. The molecule has 0 fully saturated rings. The van der Waals surface area contributed by atoms with E-state index in [1.807, 2.05) is 0 Å². The maximum absolute atomic E-state index is 11.4. The quantitative estimate of drug-likeness (QED) is 0.568. The summed E-state index contributed by atoms with van der Waals surface area (Å²) in [5, 5.41) is 12.3. The summed E-state index contributed by atoms with van der Waals surface area (Å²) in [4.78, 5) is 22.8. The molecule has 1 N–H and O–H groups in total. The number of carbonyl (C=O) groups is 2. The molecule has 2 heterocycles. The Morgan fingerprint density at radius 3 is 2.87 bits per heavy atom. The minimum absolute atomic E-state index is 0.102. The summed E-state index contributed by atoms with van der Waals surface area (Å²) in [5.74, 6) is -0.860. The third-order valence-electron chi connectivity index (χ3n) is 1.71. The second-order valence-corrected chi connectivity index (χ2v) is 2.74. The zero-order valence-electron chi connectivity index (χ0n) is 7.51. The van der Waals surface area contributed by atoms with Crippen molar-refractivity contribution in [2.75, 3.05) is 0 Å². The van der Waals surface area contributed by atoms with Crippen molar-refractivity contribution in [3.05, 3.63) is 30.0 Å². The highest BCUT2D eigenvalue weighted by Gasteiger charge is 2.18. The van der Waals surface area contributed by atoms with Crippen LogP contribution in [0.2, 0.25) is 0 Å². The van der Waals surface area contributed by atoms with Gasteiger partial charge in [-0.15, -0.1) is 10.2 Å². The highest BCUT2D eigenvalue weighted by molar-refractivity contribution is 6.11. The van der Waals surface area contributed by atoms with Crippen LogP contribution in [-0.2, 0) is 0 Å². The molecule has 15 heavy (non-hydrogen) atoms. The van der Waals surface area contributed by atoms with E-state index in [4.69, 9.17) is 4.42 Å². The molecule has 0 unspecified atom stereocenters. The van der Waals surface area contributed by atoms with Crippen LogP contribution in [0.3, 0.4) is 0 Å². The minimum atomic E-state index is -0.495. The number of nitrogens with zero attached hydrogens (tertiary/aromatic N) is 3. The lowest BCUT2D eigenvalue weighted by atomic mass is 10.1. The molecule has 0 saturated heterocycles. The monoisotopic (exact) mass is 206 g/mol. The largest absolute Gasteiger partial charge is 0.461 e. The second kappa shape index (κ2) is 3.82. The maximum atomic E-state index is 11.4. The number of hydrogen-bond acceptors (Lipinski definition) is 6. The maximum Gasteiger partial charge on any atom is 0.240 e. The Kier molecular flexibility index (Phi) is 2.36. The van der Waals surface area contributed by atoms with Crippen molar-refractivity contribution >= 4 is 11.6 Å². The van der Waals surface area contributed by atoms with Crippen LogP contribution in [-0.4, -0.2) is 32.2 Å². The van der Waals surface area contributed by atoms with Crippen molar-refractivity contribution in [3.8, 4) is 0 Å². The van der Waals surface area contributed by atoms with Crippen LogP contribution in [0.15, 0.2) is 22.8 Å². The highest BCUT2D eigenvalue weighted by Crippen LogP contribution is 2.06. The summed E-state index contributed by atoms with van der Waals surface area (Å²) >= 11 is 0. The number of rotatable bonds is 4. The average Bonchev–Trinajstić information content (AvgIpc) is 2.91. The molecule has 0 aliphatic carbocycles. The van der Waals surface area contributed by atoms with Crippen LogP contribution in [0, 0.1) is 0 Å². The zero-order chi connectivity index (χ0) is 10.7. The lowest BCUT2D eigenvalue weighted by Crippen LogP contribution is -2.09. The van der Waals surface area contributed by atoms with Gasteiger partial charge in [0.2, 0.25) is 17.4 Å². The molecular formula is C8H6N4O3. The van der Waals surface area contributed by atoms with Crippen LogP contribution >= 0.6 is 0 Å². The summed E-state index contributed by atoms with van der Waals surface area (Å²) < 4.78 is 4.85. The van der Waals surface area contributed by atoms with Gasteiger partial charge < -0.3 is 4.42 Å². The average molecular weight is 206 g/mol. The van der Waals surface area contributed by atoms with Crippen molar-refractivity contribution in [2.45, 2.75) is 6.42 Å². The van der Waals surface area contributed by atoms with Crippen LogP contribution < -0.4 is 0 Å². The topological polar surface area (TPSA) is 102 Å². The van der Waals surface area contributed by atoms with E-state index in [0.717, 1.165) is 0 Å². The molecule has 76 valence electrons. The van der Waals surface area contributed by atoms with E-state index in [1.54, 1.807) is 6.07 Å². The number of H-pyrrole nitrogens is 1. The molecule has 2 aromatic rings. The first-order valence-electron chi connectivity index (χ1n) is 4.10. The van der Waals surface area contributed by atoms with Gasteiger partial charge in [-0.2, -0.15) is 5.21 Å². The van der Waals surface area contributed by atoms with Gasteiger partial charge in [0.05, 0.1) is 12.7 Å². The Hall–Kier alpha value is -2.31. The molecule has 0 amide bonds. The van der Waals surface area contributed by atoms with Gasteiger partial charge in [-0.25, -0.2) is 0 Å². The summed E-state index contributed by atoms with van der Waals surface area (Å²) in [5.41, 5.74) is 0. The first-order chi connectivity index (χ1) is 7.27. The van der Waals surface area contributed by atoms with E-state index >= 15 is 0 Å². The van der Waals surface area contributed by atoms with Crippen LogP contribution in [0.25, 0.3) is 0 Å². The lowest BCUT2D eigenvalue weighted by Gasteiger charge is -1.92. The molecule has 2 rings (SSSR count). The van der Waals surface area contributed by atoms with Gasteiger partial charge in [-0.3, -0.25) is 9.59 Å². The molecular weight excluding hydrogens is 200 g/mol. The smallest absolute Gasteiger partial charge is 0.240 e. The normalized spacial score (nSPS) is 10.1. The Labute approximate surface area is 83.5 Å². The first-order valence-corrected chi connectivity index (χ1v) is 4.10. The van der Waals surface area contributed by atoms with Gasteiger partial charge in [0, 0.05) is 0 Å². The van der Waals surface area contributed by atoms with Crippen molar-refractivity contribution < 1.29 is 14.0 Å². The van der Waals surface area contributed by atoms with E-state index < -0.39 is 11.6 Å². The van der Waals surface area contributed by atoms with Gasteiger partial charge in [0.25, 0.3) is 0 Å². The van der Waals surface area contributed by atoms with Crippen LogP contribution in [0.1, 0.15) is 27.6 Å². The third-order valence-corrected chi connectivity index (χ3v) is 1.71. The highest BCUT2D eigenvalue weighted by atomic mass is 16.3. The number of aromatic amines is 1. The van der Waals surface area contributed by atoms with Gasteiger partial charge >= 0.3 is 0 Å². The van der Waals surface area contributed by atoms with Gasteiger partial charge in [-0.1, -0.05) is 0 Å². The number of tetrazole rings is 1. The summed E-state index contributed by atoms with van der Waals surface area (Å²) in [6.45, 7) is 0. The van der Waals surface area contributed by atoms with E-state index in [0.29, 0.717) is 0 Å². The molecule has 7 heteroatoms. The number of carbonyl (C=O) groups excluding carboxylic acids is 2. The fraction of sp³-hybridized carbons (Fsp3) is 0.125. The summed E-state index contributed by atoms with van der Waals surface area (Å²) in [7, 11) is 0. The van der Waals surface area contributed by atoms with E-state index in [2.05, 4.69) is 20.6 Å². The predicted molar refractivity (Wildman–Crippen MR) is 46.2 cm³/mol. The van der Waals surface area contributed by atoms with E-state index in [9.17, 15) is 9.59 Å². The van der Waals surface area contributed by atoms with Crippen molar-refractivity contribution in [1.82, 2.24) is 20.6 Å². The number of Topliss-reactive ketones (excluding diaryl/α,β-unsaturated/α-hetero) is 2. The summed E-state index contributed by atoms with van der Waals surface area (Å²) in [6.07, 6.45) is 1.04. The number of hydrogen-bond donors (Lipinski definition) is 1. The number of furan rings is 1. The second-order valence-electron chi connectivity index (χ2n) is 2.74. The van der Waals surface area contributed by atoms with Gasteiger partial charge in [0.1, 0.15) is 0 Å². The molecule has 2 aromatic heterocycles. The number of ketones is 2. The van der Waals surface area contributed by atoms with Crippen molar-refractivity contribution in [1.29, 1.82) is 0 Å². The Balaban J connectivity index is 2.04. The zero-order valence-corrected chi connectivity index (χ0v) is 7.51. The first kappa shape index (κ1) is 9.25. The Morgan fingerprint density at radius 2 is 2.27 bits per heavy atom. The lowest BCUT2D eigenvalue weighted by molar-refractivity contribution is 0.0873. The molecule has 0 aromatic carbocycles. The van der Waals surface area contributed by atoms with Gasteiger partial charge in [0.15, 0.2) is 5.76 Å². The fourth-order valence-corrected chi connectivity index (χ4v) is 1.03. The molecule has 0 spiro atoms. The summed E-state index contributed by atoms with van der Waals surface area (Å²) in [6, 6.07) is 3.07.